The number of benzene rings is 2. The molecule has 5 heteroatoms. The number of Topliss-reactive ketones (excluding diaryl/α,β-unsaturated/α-hetero) is 1. The molecule has 1 heterocycles. The Labute approximate surface area is 208 Å². The minimum Gasteiger partial charge on any atom is -0.361 e. The van der Waals surface area contributed by atoms with Gasteiger partial charge in [0.15, 0.2) is 5.78 Å². The van der Waals surface area contributed by atoms with Crippen LogP contribution in [-0.4, -0.2) is 28.8 Å². The van der Waals surface area contributed by atoms with Gasteiger partial charge in [-0.1, -0.05) is 70.2 Å². The van der Waals surface area contributed by atoms with Crippen LogP contribution in [0, 0.1) is 0 Å². The van der Waals surface area contributed by atoms with E-state index in [0.717, 1.165) is 48.6 Å². The van der Waals surface area contributed by atoms with Gasteiger partial charge in [0.2, 0.25) is 5.91 Å². The molecule has 4 rings (SSSR count). The molecule has 1 aliphatic rings. The van der Waals surface area contributed by atoms with Crippen LogP contribution < -0.4 is 11.1 Å². The molecule has 0 spiro atoms. The summed E-state index contributed by atoms with van der Waals surface area (Å²) in [5, 5.41) is 4.27. The van der Waals surface area contributed by atoms with E-state index in [4.69, 9.17) is 5.73 Å². The lowest BCUT2D eigenvalue weighted by Crippen LogP contribution is -2.42. The molecule has 4 N–H and O–H groups in total. The average molecular weight is 474 g/mol. The number of carbonyl (C=O) groups excluding carboxylic acids is 2. The van der Waals surface area contributed by atoms with Crippen molar-refractivity contribution in [1.82, 2.24) is 10.3 Å². The third-order valence-corrected chi connectivity index (χ3v) is 7.49. The number of fused-ring (bicyclic) bond motifs is 1. The van der Waals surface area contributed by atoms with E-state index in [1.165, 1.54) is 11.1 Å². The van der Waals surface area contributed by atoms with Crippen LogP contribution in [0.5, 0.6) is 0 Å². The summed E-state index contributed by atoms with van der Waals surface area (Å²) >= 11 is 0. The van der Waals surface area contributed by atoms with Crippen molar-refractivity contribution in [2.24, 2.45) is 5.73 Å². The predicted octanol–water partition coefficient (Wildman–Crippen LogP) is 5.77. The van der Waals surface area contributed by atoms with E-state index in [1.54, 1.807) is 0 Å². The first-order valence-electron chi connectivity index (χ1n) is 13.0. The van der Waals surface area contributed by atoms with E-state index in [1.807, 2.05) is 42.6 Å². The van der Waals surface area contributed by atoms with Gasteiger partial charge in [0.05, 0.1) is 5.92 Å². The van der Waals surface area contributed by atoms with Gasteiger partial charge in [-0.2, -0.15) is 0 Å². The number of aryl methyl sites for hydroxylation is 1. The minimum absolute atomic E-state index is 0.0164. The van der Waals surface area contributed by atoms with E-state index in [0.29, 0.717) is 5.56 Å². The zero-order valence-electron chi connectivity index (χ0n) is 21.5. The molecule has 1 atom stereocenters. The molecule has 0 aliphatic heterocycles. The Morgan fingerprint density at radius 1 is 1.06 bits per heavy atom. The quantitative estimate of drug-likeness (QED) is 0.381. The first kappa shape index (κ1) is 25.2. The molecule has 35 heavy (non-hydrogen) atoms. The molecular weight excluding hydrogens is 434 g/mol. The maximum atomic E-state index is 13.6. The van der Waals surface area contributed by atoms with Gasteiger partial charge >= 0.3 is 0 Å². The predicted molar refractivity (Wildman–Crippen MR) is 143 cm³/mol. The highest BCUT2D eigenvalue weighted by atomic mass is 16.2. The summed E-state index contributed by atoms with van der Waals surface area (Å²) in [6, 6.07) is 14.3. The SMILES string of the molecule is CCc1cccc2c(C(CC(=O)c3ccc(C(C)(C)C)cc3)C(=O)NC3CCC(N)CC3)c[nH]c12. The van der Waals surface area contributed by atoms with Crippen molar-refractivity contribution < 1.29 is 9.59 Å². The van der Waals surface area contributed by atoms with Gasteiger partial charge < -0.3 is 16.0 Å². The number of hydrogen-bond acceptors (Lipinski definition) is 3. The Bertz CT molecular complexity index is 1180. The molecule has 5 nitrogen and oxygen atoms in total. The maximum absolute atomic E-state index is 13.6. The summed E-state index contributed by atoms with van der Waals surface area (Å²) in [6.07, 6.45) is 6.56. The molecule has 1 unspecified atom stereocenters. The van der Waals surface area contributed by atoms with E-state index >= 15 is 0 Å². The summed E-state index contributed by atoms with van der Waals surface area (Å²) < 4.78 is 0. The molecule has 0 bridgehead atoms. The van der Waals surface area contributed by atoms with Gasteiger partial charge in [-0.25, -0.2) is 0 Å². The fourth-order valence-corrected chi connectivity index (χ4v) is 5.19. The Hall–Kier alpha value is -2.92. The summed E-state index contributed by atoms with van der Waals surface area (Å²) in [5.74, 6) is -0.647. The number of para-hydroxylation sites is 1. The Kier molecular flexibility index (Phi) is 7.46. The largest absolute Gasteiger partial charge is 0.361 e. The van der Waals surface area contributed by atoms with Gasteiger partial charge in [0.1, 0.15) is 0 Å². The molecule has 186 valence electrons. The highest BCUT2D eigenvalue weighted by Gasteiger charge is 2.30. The van der Waals surface area contributed by atoms with Gasteiger partial charge in [-0.15, -0.1) is 0 Å². The van der Waals surface area contributed by atoms with Gasteiger partial charge in [0, 0.05) is 41.2 Å². The lowest BCUT2D eigenvalue weighted by Gasteiger charge is -2.28. The van der Waals surface area contributed by atoms with Crippen LogP contribution in [0.25, 0.3) is 10.9 Å². The summed E-state index contributed by atoms with van der Waals surface area (Å²) in [4.78, 5) is 30.4. The summed E-state index contributed by atoms with van der Waals surface area (Å²) in [5.41, 5.74) is 11.1. The smallest absolute Gasteiger partial charge is 0.228 e. The van der Waals surface area contributed by atoms with Gasteiger partial charge in [0.25, 0.3) is 0 Å². The number of nitrogens with two attached hydrogens (primary N) is 1. The van der Waals surface area contributed by atoms with Gasteiger partial charge in [-0.05, 0) is 54.2 Å². The van der Waals surface area contributed by atoms with Crippen molar-refractivity contribution in [1.29, 1.82) is 0 Å². The van der Waals surface area contributed by atoms with E-state index in [9.17, 15) is 9.59 Å². The number of amides is 1. The number of carbonyl (C=O) groups is 2. The maximum Gasteiger partial charge on any atom is 0.228 e. The standard InChI is InChI=1S/C30H39N3O2/c1-5-19-7-6-8-24-26(18-32-28(19)24)25(29(35)33-23-15-13-22(31)14-16-23)17-27(34)20-9-11-21(12-10-20)30(2,3)4/h6-12,18,22-23,25,32H,5,13-17,31H2,1-4H3,(H,33,35). The molecule has 1 aromatic heterocycles. The lowest BCUT2D eigenvalue weighted by atomic mass is 9.85. The first-order valence-corrected chi connectivity index (χ1v) is 13.0. The van der Waals surface area contributed by atoms with Gasteiger partial charge in [-0.3, -0.25) is 9.59 Å². The third kappa shape index (κ3) is 5.67. The lowest BCUT2D eigenvalue weighted by molar-refractivity contribution is -0.123. The molecule has 1 amide bonds. The van der Waals surface area contributed by atoms with Crippen LogP contribution in [0.4, 0.5) is 0 Å². The highest BCUT2D eigenvalue weighted by molar-refractivity contribution is 6.02. The molecule has 0 radical (unpaired) electrons. The first-order chi connectivity index (χ1) is 16.7. The molecule has 0 saturated heterocycles. The topological polar surface area (TPSA) is 88.0 Å². The number of hydrogen-bond donors (Lipinski definition) is 3. The summed E-state index contributed by atoms with van der Waals surface area (Å²) in [6.45, 7) is 8.59. The normalized spacial score (nSPS) is 19.5. The van der Waals surface area contributed by atoms with Crippen molar-refractivity contribution in [2.75, 3.05) is 0 Å². The average Bonchev–Trinajstić information content (AvgIpc) is 3.27. The molecule has 1 saturated carbocycles. The van der Waals surface area contributed by atoms with Crippen molar-refractivity contribution in [3.8, 4) is 0 Å². The van der Waals surface area contributed by atoms with Crippen LogP contribution in [0.1, 0.15) is 92.8 Å². The Morgan fingerprint density at radius 3 is 2.37 bits per heavy atom. The van der Waals surface area contributed by atoms with Crippen molar-refractivity contribution in [3.63, 3.8) is 0 Å². The van der Waals surface area contributed by atoms with E-state index < -0.39 is 5.92 Å². The fourth-order valence-electron chi connectivity index (χ4n) is 5.19. The number of aromatic amines is 1. The van der Waals surface area contributed by atoms with Crippen molar-refractivity contribution in [3.05, 3.63) is 70.9 Å². The number of nitrogens with one attached hydrogen (secondary N) is 2. The second kappa shape index (κ2) is 10.4. The Balaban J connectivity index is 1.62. The zero-order chi connectivity index (χ0) is 25.2. The highest BCUT2D eigenvalue weighted by Crippen LogP contribution is 2.32. The molecule has 1 aliphatic carbocycles. The second-order valence-corrected chi connectivity index (χ2v) is 11.1. The van der Waals surface area contributed by atoms with Crippen LogP contribution in [-0.2, 0) is 16.6 Å². The van der Waals surface area contributed by atoms with Crippen molar-refractivity contribution >= 4 is 22.6 Å². The summed E-state index contributed by atoms with van der Waals surface area (Å²) in [7, 11) is 0. The van der Waals surface area contributed by atoms with Crippen LogP contribution in [0.15, 0.2) is 48.7 Å². The molecule has 3 aromatic rings. The van der Waals surface area contributed by atoms with Crippen LogP contribution in [0.2, 0.25) is 0 Å². The number of ketones is 1. The zero-order valence-corrected chi connectivity index (χ0v) is 21.5. The van der Waals surface area contributed by atoms with Crippen LogP contribution >= 0.6 is 0 Å². The second-order valence-electron chi connectivity index (χ2n) is 11.1. The number of rotatable bonds is 7. The molecule has 1 fully saturated rings. The van der Waals surface area contributed by atoms with Crippen molar-refractivity contribution in [2.45, 2.75) is 89.6 Å². The number of aromatic nitrogens is 1. The Morgan fingerprint density at radius 2 is 1.74 bits per heavy atom. The monoisotopic (exact) mass is 473 g/mol. The minimum atomic E-state index is -0.554. The molecule has 2 aromatic carbocycles. The third-order valence-electron chi connectivity index (χ3n) is 7.49. The van der Waals surface area contributed by atoms with Crippen LogP contribution in [0.3, 0.4) is 0 Å². The van der Waals surface area contributed by atoms with E-state index in [-0.39, 0.29) is 35.6 Å². The fraction of sp³-hybridized carbons (Fsp3) is 0.467. The van der Waals surface area contributed by atoms with E-state index in [2.05, 4.69) is 44.1 Å². The number of H-pyrrole nitrogens is 1. The molecular formula is C30H39N3O2.